The maximum atomic E-state index is 13.9. The maximum absolute atomic E-state index is 13.9. The molecule has 0 spiro atoms. The number of aromatic nitrogens is 1. The zero-order valence-electron chi connectivity index (χ0n) is 12.0. The van der Waals surface area contributed by atoms with Crippen LogP contribution in [0.3, 0.4) is 0 Å². The van der Waals surface area contributed by atoms with Gasteiger partial charge in [-0.25, -0.2) is 13.8 Å². The van der Waals surface area contributed by atoms with E-state index in [2.05, 4.69) is 17.2 Å². The second kappa shape index (κ2) is 6.20. The first-order valence-electron chi connectivity index (χ1n) is 7.37. The number of fused-ring (bicyclic) bond motifs is 1. The molecule has 21 heavy (non-hydrogen) atoms. The first-order chi connectivity index (χ1) is 10.2. The maximum Gasteiger partial charge on any atom is 0.136 e. The Morgan fingerprint density at radius 3 is 3.00 bits per heavy atom. The van der Waals surface area contributed by atoms with Gasteiger partial charge in [-0.1, -0.05) is 6.92 Å². The van der Waals surface area contributed by atoms with Crippen LogP contribution in [-0.4, -0.2) is 11.5 Å². The molecule has 112 valence electrons. The topological polar surface area (TPSA) is 24.9 Å². The van der Waals surface area contributed by atoms with E-state index in [1.54, 1.807) is 0 Å². The van der Waals surface area contributed by atoms with Crippen LogP contribution in [-0.2, 0) is 6.42 Å². The normalized spacial score (nSPS) is 17.8. The summed E-state index contributed by atoms with van der Waals surface area (Å²) in [6.45, 7) is 3.12. The Bertz CT molecular complexity index is 639. The molecule has 0 saturated heterocycles. The van der Waals surface area contributed by atoms with Gasteiger partial charge in [0.15, 0.2) is 0 Å². The molecule has 1 atom stereocenters. The Morgan fingerprint density at radius 2 is 2.24 bits per heavy atom. The summed E-state index contributed by atoms with van der Waals surface area (Å²) in [7, 11) is 0. The highest BCUT2D eigenvalue weighted by molar-refractivity contribution is 7.15. The average Bonchev–Trinajstić information content (AvgIpc) is 2.89. The highest BCUT2D eigenvalue weighted by Gasteiger charge is 2.25. The molecule has 0 aliphatic heterocycles. The summed E-state index contributed by atoms with van der Waals surface area (Å²) in [6.07, 6.45) is 4.23. The van der Waals surface area contributed by atoms with Gasteiger partial charge in [-0.2, -0.15) is 0 Å². The molecular weight excluding hydrogens is 290 g/mol. The third-order valence-corrected chi connectivity index (χ3v) is 5.00. The molecule has 0 amide bonds. The fraction of sp³-hybridized carbons (Fsp3) is 0.438. The lowest BCUT2D eigenvalue weighted by Gasteiger charge is -2.22. The van der Waals surface area contributed by atoms with Crippen molar-refractivity contribution in [1.82, 2.24) is 10.3 Å². The van der Waals surface area contributed by atoms with E-state index >= 15 is 0 Å². The number of thiazole rings is 1. The molecule has 0 bridgehead atoms. The number of benzene rings is 1. The minimum absolute atomic E-state index is 0.323. The summed E-state index contributed by atoms with van der Waals surface area (Å²) < 4.78 is 26.9. The summed E-state index contributed by atoms with van der Waals surface area (Å²) in [5.74, 6) is -1.10. The number of rotatable bonds is 4. The number of halogens is 2. The van der Waals surface area contributed by atoms with Crippen LogP contribution in [0, 0.1) is 11.6 Å². The second-order valence-electron chi connectivity index (χ2n) is 5.35. The molecule has 2 aromatic rings. The third kappa shape index (κ3) is 2.99. The monoisotopic (exact) mass is 308 g/mol. The molecular formula is C16H18F2N2S. The first kappa shape index (κ1) is 14.6. The van der Waals surface area contributed by atoms with Gasteiger partial charge in [0, 0.05) is 22.5 Å². The fourth-order valence-electron chi connectivity index (χ4n) is 2.71. The van der Waals surface area contributed by atoms with Crippen LogP contribution in [0.4, 0.5) is 8.78 Å². The Morgan fingerprint density at radius 1 is 1.38 bits per heavy atom. The predicted octanol–water partition coefficient (Wildman–Crippen LogP) is 4.47. The van der Waals surface area contributed by atoms with Crippen LogP contribution in [0.25, 0.3) is 10.6 Å². The van der Waals surface area contributed by atoms with Crippen LogP contribution >= 0.6 is 11.3 Å². The van der Waals surface area contributed by atoms with Crippen molar-refractivity contribution in [2.24, 2.45) is 0 Å². The zero-order chi connectivity index (χ0) is 14.8. The van der Waals surface area contributed by atoms with E-state index in [1.165, 1.54) is 28.3 Å². The highest BCUT2D eigenvalue weighted by Crippen LogP contribution is 2.38. The van der Waals surface area contributed by atoms with E-state index in [0.29, 0.717) is 16.6 Å². The third-order valence-electron chi connectivity index (χ3n) is 3.75. The van der Waals surface area contributed by atoms with Crippen LogP contribution < -0.4 is 5.32 Å². The Balaban J connectivity index is 1.94. The fourth-order valence-corrected chi connectivity index (χ4v) is 3.96. The van der Waals surface area contributed by atoms with Crippen molar-refractivity contribution >= 4 is 11.3 Å². The smallest absolute Gasteiger partial charge is 0.136 e. The van der Waals surface area contributed by atoms with Crippen LogP contribution in [0.15, 0.2) is 18.2 Å². The zero-order valence-corrected chi connectivity index (χ0v) is 12.8. The predicted molar refractivity (Wildman–Crippen MR) is 81.4 cm³/mol. The van der Waals surface area contributed by atoms with E-state index in [4.69, 9.17) is 0 Å². The van der Waals surface area contributed by atoms with Crippen molar-refractivity contribution in [1.29, 1.82) is 0 Å². The molecule has 5 heteroatoms. The van der Waals surface area contributed by atoms with E-state index in [9.17, 15) is 8.78 Å². The molecule has 1 heterocycles. The van der Waals surface area contributed by atoms with Crippen molar-refractivity contribution in [2.45, 2.75) is 38.6 Å². The van der Waals surface area contributed by atoms with Gasteiger partial charge < -0.3 is 5.32 Å². The van der Waals surface area contributed by atoms with E-state index in [0.717, 1.165) is 44.0 Å². The SMILES string of the molecule is CCCNC1CCCc2nc(-c3ccc(F)cc3F)sc21. The molecule has 1 N–H and O–H groups in total. The van der Waals surface area contributed by atoms with E-state index < -0.39 is 11.6 Å². The van der Waals surface area contributed by atoms with Crippen molar-refractivity contribution < 1.29 is 8.78 Å². The van der Waals surface area contributed by atoms with Gasteiger partial charge in [0.25, 0.3) is 0 Å². The van der Waals surface area contributed by atoms with E-state index in [-0.39, 0.29) is 0 Å². The Kier molecular flexibility index (Phi) is 4.31. The summed E-state index contributed by atoms with van der Waals surface area (Å²) in [6, 6.07) is 4.00. The lowest BCUT2D eigenvalue weighted by Crippen LogP contribution is -2.24. The molecule has 1 aliphatic carbocycles. The second-order valence-corrected chi connectivity index (χ2v) is 6.38. The lowest BCUT2D eigenvalue weighted by molar-refractivity contribution is 0.465. The Hall–Kier alpha value is -1.33. The molecule has 1 unspecified atom stereocenters. The minimum atomic E-state index is -0.556. The molecule has 1 aromatic carbocycles. The van der Waals surface area contributed by atoms with Crippen molar-refractivity contribution in [2.75, 3.05) is 6.54 Å². The van der Waals surface area contributed by atoms with Crippen LogP contribution in [0.2, 0.25) is 0 Å². The molecule has 2 nitrogen and oxygen atoms in total. The molecule has 3 rings (SSSR count). The van der Waals surface area contributed by atoms with Gasteiger partial charge >= 0.3 is 0 Å². The number of aryl methyl sites for hydroxylation is 1. The van der Waals surface area contributed by atoms with Crippen molar-refractivity contribution in [3.63, 3.8) is 0 Å². The average molecular weight is 308 g/mol. The molecule has 0 fully saturated rings. The summed E-state index contributed by atoms with van der Waals surface area (Å²) >= 11 is 1.53. The number of hydrogen-bond donors (Lipinski definition) is 1. The van der Waals surface area contributed by atoms with Gasteiger partial charge in [0.2, 0.25) is 0 Å². The van der Waals surface area contributed by atoms with Gasteiger partial charge in [-0.05, 0) is 44.4 Å². The number of nitrogens with zero attached hydrogens (tertiary/aromatic N) is 1. The quantitative estimate of drug-likeness (QED) is 0.901. The number of nitrogens with one attached hydrogen (secondary N) is 1. The first-order valence-corrected chi connectivity index (χ1v) is 8.19. The highest BCUT2D eigenvalue weighted by atomic mass is 32.1. The molecule has 1 aromatic heterocycles. The summed E-state index contributed by atoms with van der Waals surface area (Å²) in [5, 5.41) is 4.19. The molecule has 1 aliphatic rings. The summed E-state index contributed by atoms with van der Waals surface area (Å²) in [4.78, 5) is 5.80. The van der Waals surface area contributed by atoms with E-state index in [1.807, 2.05) is 0 Å². The van der Waals surface area contributed by atoms with Crippen molar-refractivity contribution in [3.8, 4) is 10.6 Å². The summed E-state index contributed by atoms with van der Waals surface area (Å²) in [5.41, 5.74) is 1.46. The van der Waals surface area contributed by atoms with Crippen molar-refractivity contribution in [3.05, 3.63) is 40.4 Å². The Labute approximate surface area is 127 Å². The lowest BCUT2D eigenvalue weighted by atomic mass is 9.98. The van der Waals surface area contributed by atoms with Gasteiger partial charge in [0.1, 0.15) is 16.6 Å². The standard InChI is InChI=1S/C16H18F2N2S/c1-2-8-19-13-4-3-5-14-15(13)21-16(20-14)11-7-6-10(17)9-12(11)18/h6-7,9,13,19H,2-5,8H2,1H3. The largest absolute Gasteiger partial charge is 0.309 e. The molecule has 0 saturated carbocycles. The van der Waals surface area contributed by atoms with Crippen LogP contribution in [0.5, 0.6) is 0 Å². The van der Waals surface area contributed by atoms with Gasteiger partial charge in [-0.15, -0.1) is 11.3 Å². The van der Waals surface area contributed by atoms with Gasteiger partial charge in [0.05, 0.1) is 5.69 Å². The molecule has 0 radical (unpaired) electrons. The van der Waals surface area contributed by atoms with Crippen LogP contribution in [0.1, 0.15) is 42.8 Å². The number of hydrogen-bond acceptors (Lipinski definition) is 3. The minimum Gasteiger partial charge on any atom is -0.309 e. The van der Waals surface area contributed by atoms with Gasteiger partial charge in [-0.3, -0.25) is 0 Å².